The second-order valence-corrected chi connectivity index (χ2v) is 7.19. The summed E-state index contributed by atoms with van der Waals surface area (Å²) >= 11 is 7.23. The molecule has 1 aromatic carbocycles. The second kappa shape index (κ2) is 9.66. The number of hydrogen-bond acceptors (Lipinski definition) is 4. The molecule has 1 amide bonds. The number of amides is 1. The van der Waals surface area contributed by atoms with Crippen molar-refractivity contribution in [3.63, 3.8) is 0 Å². The number of nitrogens with one attached hydrogen (secondary N) is 2. The van der Waals surface area contributed by atoms with E-state index < -0.39 is 24.7 Å². The number of rotatable bonds is 7. The molecule has 0 saturated carbocycles. The molecule has 1 saturated heterocycles. The highest BCUT2D eigenvalue weighted by molar-refractivity contribution is 7.99. The Kier molecular flexibility index (Phi) is 7.86. The maximum atomic E-state index is 13.2. The molecule has 1 heterocycles. The van der Waals surface area contributed by atoms with Crippen LogP contribution < -0.4 is 10.6 Å². The van der Waals surface area contributed by atoms with E-state index in [0.717, 1.165) is 5.56 Å². The van der Waals surface area contributed by atoms with Crippen molar-refractivity contribution in [3.05, 3.63) is 34.9 Å². The fraction of sp³-hybridized carbons (Fsp3) is 0.562. The van der Waals surface area contributed by atoms with Gasteiger partial charge in [-0.25, -0.2) is 0 Å². The number of hydrogen-bond donors (Lipinski definition) is 2. The summed E-state index contributed by atoms with van der Waals surface area (Å²) in [5.74, 6) is 0.295. The predicted molar refractivity (Wildman–Crippen MR) is 94.9 cm³/mol. The molecule has 0 aliphatic carbocycles. The van der Waals surface area contributed by atoms with Gasteiger partial charge in [-0.05, 0) is 17.7 Å². The number of nitrogens with zero attached hydrogens (tertiary/aromatic N) is 1. The first-order valence-electron chi connectivity index (χ1n) is 7.96. The standard InChI is InChI=1S/C16H21ClF3N3OS/c17-13-3-1-2-12(8-13)10-25-11-15(24)22-9-14(16(18,19)20)23-6-4-21-5-7-23/h1-3,8,14,21H,4-7,9-11H2,(H,22,24). The van der Waals surface area contributed by atoms with Crippen molar-refractivity contribution in [1.82, 2.24) is 15.5 Å². The van der Waals surface area contributed by atoms with Crippen molar-refractivity contribution >= 4 is 29.3 Å². The summed E-state index contributed by atoms with van der Waals surface area (Å²) in [6, 6.07) is 5.63. The molecular formula is C16H21ClF3N3OS. The topological polar surface area (TPSA) is 44.4 Å². The maximum absolute atomic E-state index is 13.2. The number of carbonyl (C=O) groups excluding carboxylic acids is 1. The number of alkyl halides is 3. The highest BCUT2D eigenvalue weighted by Crippen LogP contribution is 2.25. The minimum Gasteiger partial charge on any atom is -0.353 e. The third kappa shape index (κ3) is 7.05. The van der Waals surface area contributed by atoms with E-state index in [1.807, 2.05) is 12.1 Å². The van der Waals surface area contributed by atoms with Crippen LogP contribution in [-0.4, -0.2) is 61.5 Å². The molecule has 0 radical (unpaired) electrons. The number of carbonyl (C=O) groups is 1. The zero-order valence-electron chi connectivity index (χ0n) is 13.6. The molecule has 1 aromatic rings. The number of benzene rings is 1. The molecule has 1 aliphatic rings. The highest BCUT2D eigenvalue weighted by Gasteiger charge is 2.43. The molecule has 25 heavy (non-hydrogen) atoms. The van der Waals surface area contributed by atoms with Gasteiger partial charge in [-0.1, -0.05) is 23.7 Å². The van der Waals surface area contributed by atoms with Gasteiger partial charge in [0.25, 0.3) is 0 Å². The Hall–Kier alpha value is -0.960. The lowest BCUT2D eigenvalue weighted by atomic mass is 10.2. The quantitative estimate of drug-likeness (QED) is 0.744. The minimum atomic E-state index is -4.36. The summed E-state index contributed by atoms with van der Waals surface area (Å²) in [4.78, 5) is 13.2. The zero-order valence-corrected chi connectivity index (χ0v) is 15.2. The molecule has 0 bridgehead atoms. The number of halogens is 4. The van der Waals surface area contributed by atoms with Crippen LogP contribution in [-0.2, 0) is 10.5 Å². The summed E-state index contributed by atoms with van der Waals surface area (Å²) in [6.45, 7) is 1.28. The van der Waals surface area contributed by atoms with Crippen molar-refractivity contribution in [2.24, 2.45) is 0 Å². The Morgan fingerprint density at radius 3 is 2.72 bits per heavy atom. The SMILES string of the molecule is O=C(CSCc1cccc(Cl)c1)NCC(N1CCNCC1)C(F)(F)F. The van der Waals surface area contributed by atoms with Crippen molar-refractivity contribution in [2.45, 2.75) is 18.0 Å². The first-order valence-corrected chi connectivity index (χ1v) is 9.50. The maximum Gasteiger partial charge on any atom is 0.405 e. The van der Waals surface area contributed by atoms with E-state index in [-0.39, 0.29) is 5.75 Å². The van der Waals surface area contributed by atoms with E-state index in [2.05, 4.69) is 10.6 Å². The average Bonchev–Trinajstić information content (AvgIpc) is 2.55. The molecule has 1 aliphatic heterocycles. The lowest BCUT2D eigenvalue weighted by Crippen LogP contribution is -2.57. The Balaban J connectivity index is 1.76. The van der Waals surface area contributed by atoms with E-state index in [4.69, 9.17) is 11.6 Å². The normalized spacial score (nSPS) is 17.3. The lowest BCUT2D eigenvalue weighted by Gasteiger charge is -2.35. The summed E-state index contributed by atoms with van der Waals surface area (Å²) in [5.41, 5.74) is 0.972. The van der Waals surface area contributed by atoms with Crippen LogP contribution in [0.5, 0.6) is 0 Å². The van der Waals surface area contributed by atoms with Gasteiger partial charge >= 0.3 is 6.18 Å². The summed E-state index contributed by atoms with van der Waals surface area (Å²) in [6.07, 6.45) is -4.36. The molecule has 4 nitrogen and oxygen atoms in total. The van der Waals surface area contributed by atoms with Gasteiger partial charge in [-0.3, -0.25) is 9.69 Å². The Morgan fingerprint density at radius 1 is 1.36 bits per heavy atom. The number of thioether (sulfide) groups is 1. The van der Waals surface area contributed by atoms with E-state index in [1.54, 1.807) is 12.1 Å². The fourth-order valence-corrected chi connectivity index (χ4v) is 3.61. The van der Waals surface area contributed by atoms with Crippen LogP contribution in [0, 0.1) is 0 Å². The zero-order chi connectivity index (χ0) is 18.3. The second-order valence-electron chi connectivity index (χ2n) is 5.77. The molecule has 2 N–H and O–H groups in total. The monoisotopic (exact) mass is 395 g/mol. The van der Waals surface area contributed by atoms with Gasteiger partial charge in [0, 0.05) is 43.5 Å². The summed E-state index contributed by atoms with van der Waals surface area (Å²) in [5, 5.41) is 6.06. The van der Waals surface area contributed by atoms with Gasteiger partial charge in [-0.15, -0.1) is 11.8 Å². The Morgan fingerprint density at radius 2 is 2.08 bits per heavy atom. The van der Waals surface area contributed by atoms with E-state index in [9.17, 15) is 18.0 Å². The van der Waals surface area contributed by atoms with Crippen molar-refractivity contribution in [3.8, 4) is 0 Å². The smallest absolute Gasteiger partial charge is 0.353 e. The third-order valence-electron chi connectivity index (χ3n) is 3.85. The van der Waals surface area contributed by atoms with Crippen LogP contribution in [0.15, 0.2) is 24.3 Å². The molecule has 1 atom stereocenters. The Bertz CT molecular complexity index is 568. The van der Waals surface area contributed by atoms with Gasteiger partial charge in [-0.2, -0.15) is 13.2 Å². The van der Waals surface area contributed by atoms with Crippen LogP contribution in [0.25, 0.3) is 0 Å². The van der Waals surface area contributed by atoms with E-state index >= 15 is 0 Å². The predicted octanol–water partition coefficient (Wildman–Crippen LogP) is 2.53. The third-order valence-corrected chi connectivity index (χ3v) is 5.09. The fourth-order valence-electron chi connectivity index (χ4n) is 2.60. The van der Waals surface area contributed by atoms with Gasteiger partial charge in [0.05, 0.1) is 5.75 Å². The molecule has 1 unspecified atom stereocenters. The molecule has 140 valence electrons. The molecule has 2 rings (SSSR count). The van der Waals surface area contributed by atoms with Crippen molar-refractivity contribution in [1.29, 1.82) is 0 Å². The lowest BCUT2D eigenvalue weighted by molar-refractivity contribution is -0.183. The molecule has 0 spiro atoms. The molecular weight excluding hydrogens is 375 g/mol. The summed E-state index contributed by atoms with van der Waals surface area (Å²) < 4.78 is 39.7. The van der Waals surface area contributed by atoms with Crippen LogP contribution in [0.2, 0.25) is 5.02 Å². The van der Waals surface area contributed by atoms with Crippen molar-refractivity contribution in [2.75, 3.05) is 38.5 Å². The van der Waals surface area contributed by atoms with Gasteiger partial charge in [0.1, 0.15) is 6.04 Å². The van der Waals surface area contributed by atoms with Gasteiger partial charge in [0.15, 0.2) is 0 Å². The molecule has 9 heteroatoms. The van der Waals surface area contributed by atoms with Crippen LogP contribution >= 0.6 is 23.4 Å². The number of piperazine rings is 1. The van der Waals surface area contributed by atoms with E-state index in [1.165, 1.54) is 16.7 Å². The first kappa shape index (κ1) is 20.4. The van der Waals surface area contributed by atoms with Gasteiger partial charge in [0.2, 0.25) is 5.91 Å². The largest absolute Gasteiger partial charge is 0.405 e. The molecule has 1 fully saturated rings. The van der Waals surface area contributed by atoms with Crippen molar-refractivity contribution < 1.29 is 18.0 Å². The molecule has 0 aromatic heterocycles. The van der Waals surface area contributed by atoms with Crippen LogP contribution in [0.4, 0.5) is 13.2 Å². The van der Waals surface area contributed by atoms with Crippen LogP contribution in [0.3, 0.4) is 0 Å². The van der Waals surface area contributed by atoms with Gasteiger partial charge < -0.3 is 10.6 Å². The summed E-state index contributed by atoms with van der Waals surface area (Å²) in [7, 11) is 0. The Labute approximate surface area is 154 Å². The van der Waals surface area contributed by atoms with E-state index in [0.29, 0.717) is 37.0 Å². The van der Waals surface area contributed by atoms with Crippen LogP contribution in [0.1, 0.15) is 5.56 Å². The minimum absolute atomic E-state index is 0.110. The average molecular weight is 396 g/mol. The first-order chi connectivity index (χ1) is 11.9. The highest BCUT2D eigenvalue weighted by atomic mass is 35.5.